The van der Waals surface area contributed by atoms with Crippen LogP contribution in [0.5, 0.6) is 0 Å². The number of urea groups is 1. The molecule has 1 fully saturated rings. The Morgan fingerprint density at radius 2 is 2.09 bits per heavy atom. The van der Waals surface area contributed by atoms with Crippen LogP contribution in [-0.2, 0) is 0 Å². The number of rotatable bonds is 2. The molecule has 1 unspecified atom stereocenters. The Labute approximate surface area is 63.3 Å². The Morgan fingerprint density at radius 3 is 2.36 bits per heavy atom. The smallest absolute Gasteiger partial charge is 0.325 e. The van der Waals surface area contributed by atoms with Crippen molar-refractivity contribution in [2.75, 3.05) is 20.0 Å². The second-order valence-electron chi connectivity index (χ2n) is 2.24. The molecule has 6 heteroatoms. The highest BCUT2D eigenvalue weighted by Crippen LogP contribution is 2.11. The number of hydrogen-bond acceptors (Lipinski definition) is 4. The van der Waals surface area contributed by atoms with Crippen LogP contribution < -0.4 is 0 Å². The van der Waals surface area contributed by atoms with Gasteiger partial charge in [0.2, 0.25) is 0 Å². The molecule has 0 aromatic carbocycles. The molecule has 0 aromatic rings. The van der Waals surface area contributed by atoms with E-state index in [0.29, 0.717) is 0 Å². The SMILES string of the molecule is O=C1N(CO)CC(O)N1CO. The van der Waals surface area contributed by atoms with Crippen LogP contribution in [0.4, 0.5) is 4.79 Å². The van der Waals surface area contributed by atoms with Gasteiger partial charge in [-0.25, -0.2) is 4.79 Å². The number of aliphatic hydroxyl groups excluding tert-OH is 3. The number of carbonyl (C=O) groups excluding carboxylic acids is 1. The van der Waals surface area contributed by atoms with Gasteiger partial charge in [-0.3, -0.25) is 9.80 Å². The highest BCUT2D eigenvalue weighted by Gasteiger charge is 2.34. The van der Waals surface area contributed by atoms with Crippen LogP contribution in [-0.4, -0.2) is 57.4 Å². The van der Waals surface area contributed by atoms with Crippen molar-refractivity contribution in [1.29, 1.82) is 0 Å². The lowest BCUT2D eigenvalue weighted by Gasteiger charge is -2.14. The highest BCUT2D eigenvalue weighted by molar-refractivity contribution is 5.76. The third-order valence-electron chi connectivity index (χ3n) is 1.58. The molecule has 0 radical (unpaired) electrons. The molecule has 0 spiro atoms. The Kier molecular flexibility index (Phi) is 2.28. The molecule has 1 saturated heterocycles. The molecule has 6 nitrogen and oxygen atoms in total. The monoisotopic (exact) mass is 162 g/mol. The van der Waals surface area contributed by atoms with Crippen molar-refractivity contribution in [3.05, 3.63) is 0 Å². The first kappa shape index (κ1) is 8.25. The molecule has 1 aliphatic rings. The lowest BCUT2D eigenvalue weighted by atomic mass is 10.5. The fourth-order valence-corrected chi connectivity index (χ4v) is 0.956. The van der Waals surface area contributed by atoms with E-state index in [9.17, 15) is 4.79 Å². The van der Waals surface area contributed by atoms with Gasteiger partial charge in [0, 0.05) is 0 Å². The minimum atomic E-state index is -1.01. The average Bonchev–Trinajstić information content (AvgIpc) is 2.26. The van der Waals surface area contributed by atoms with Crippen LogP contribution in [0.3, 0.4) is 0 Å². The maximum atomic E-state index is 10.9. The molecule has 1 atom stereocenters. The second kappa shape index (κ2) is 3.04. The first-order valence-electron chi connectivity index (χ1n) is 3.16. The summed E-state index contributed by atoms with van der Waals surface area (Å²) in [6, 6.07) is -0.553. The normalized spacial score (nSPS) is 25.0. The van der Waals surface area contributed by atoms with Gasteiger partial charge in [0.05, 0.1) is 6.54 Å². The summed E-state index contributed by atoms with van der Waals surface area (Å²) in [5, 5.41) is 26.2. The van der Waals surface area contributed by atoms with Gasteiger partial charge in [-0.2, -0.15) is 0 Å². The van der Waals surface area contributed by atoms with E-state index in [1.54, 1.807) is 0 Å². The van der Waals surface area contributed by atoms with E-state index in [2.05, 4.69) is 0 Å². The Balaban J connectivity index is 2.63. The molecule has 64 valence electrons. The number of aliphatic hydroxyl groups is 3. The Morgan fingerprint density at radius 1 is 1.45 bits per heavy atom. The zero-order chi connectivity index (χ0) is 8.43. The number of carbonyl (C=O) groups is 1. The summed E-state index contributed by atoms with van der Waals surface area (Å²) >= 11 is 0. The standard InChI is InChI=1S/C5H10N2O4/c8-2-6-1-4(10)7(3-9)5(6)11/h4,8-10H,1-3H2. The number of amides is 2. The van der Waals surface area contributed by atoms with Crippen molar-refractivity contribution in [3.63, 3.8) is 0 Å². The molecule has 1 rings (SSSR count). The summed E-state index contributed by atoms with van der Waals surface area (Å²) in [6.45, 7) is -0.932. The molecule has 2 amide bonds. The van der Waals surface area contributed by atoms with Gasteiger partial charge >= 0.3 is 6.03 Å². The number of β-amino-alcohol motifs (C(OH)–C–C–N with tert-alkyl or cyclic N) is 1. The summed E-state index contributed by atoms with van der Waals surface area (Å²) in [6.07, 6.45) is -1.01. The first-order chi connectivity index (χ1) is 5.20. The summed E-state index contributed by atoms with van der Waals surface area (Å²) in [5.41, 5.74) is 0. The molecule has 11 heavy (non-hydrogen) atoms. The third-order valence-corrected chi connectivity index (χ3v) is 1.58. The summed E-state index contributed by atoms with van der Waals surface area (Å²) in [7, 11) is 0. The average molecular weight is 162 g/mol. The fourth-order valence-electron chi connectivity index (χ4n) is 0.956. The molecular weight excluding hydrogens is 152 g/mol. The molecule has 1 aliphatic heterocycles. The zero-order valence-corrected chi connectivity index (χ0v) is 5.84. The maximum Gasteiger partial charge on any atom is 0.325 e. The van der Waals surface area contributed by atoms with Crippen LogP contribution in [0.15, 0.2) is 0 Å². The second-order valence-corrected chi connectivity index (χ2v) is 2.24. The summed E-state index contributed by atoms with van der Waals surface area (Å²) in [4.78, 5) is 12.8. The minimum absolute atomic E-state index is 0.0376. The van der Waals surface area contributed by atoms with Crippen LogP contribution >= 0.6 is 0 Å². The highest BCUT2D eigenvalue weighted by atomic mass is 16.3. The molecular formula is C5H10N2O4. The van der Waals surface area contributed by atoms with Gasteiger partial charge < -0.3 is 15.3 Å². The topological polar surface area (TPSA) is 84.2 Å². The molecule has 0 saturated carbocycles. The van der Waals surface area contributed by atoms with Gasteiger partial charge in [-0.05, 0) is 0 Å². The number of nitrogens with zero attached hydrogens (tertiary/aromatic N) is 2. The molecule has 1 heterocycles. The van der Waals surface area contributed by atoms with Crippen molar-refractivity contribution in [2.24, 2.45) is 0 Å². The first-order valence-corrected chi connectivity index (χ1v) is 3.16. The van der Waals surface area contributed by atoms with Crippen LogP contribution in [0.25, 0.3) is 0 Å². The van der Waals surface area contributed by atoms with Crippen molar-refractivity contribution in [3.8, 4) is 0 Å². The minimum Gasteiger partial charge on any atom is -0.376 e. The van der Waals surface area contributed by atoms with Gasteiger partial charge in [0.25, 0.3) is 0 Å². The Hall–Kier alpha value is -0.850. The van der Waals surface area contributed by atoms with Crippen molar-refractivity contribution >= 4 is 6.03 Å². The largest absolute Gasteiger partial charge is 0.376 e. The van der Waals surface area contributed by atoms with Crippen LogP contribution in [0.2, 0.25) is 0 Å². The quantitative estimate of drug-likeness (QED) is 0.436. The van der Waals surface area contributed by atoms with Gasteiger partial charge in [-0.1, -0.05) is 0 Å². The van der Waals surface area contributed by atoms with Gasteiger partial charge in [0.1, 0.15) is 13.5 Å². The Bertz CT molecular complexity index is 163. The predicted octanol–water partition coefficient (Wildman–Crippen LogP) is -2.06. The predicted molar refractivity (Wildman–Crippen MR) is 34.1 cm³/mol. The number of hydrogen-bond donors (Lipinski definition) is 3. The van der Waals surface area contributed by atoms with Gasteiger partial charge in [0.15, 0.2) is 6.23 Å². The van der Waals surface area contributed by atoms with Crippen LogP contribution in [0.1, 0.15) is 0 Å². The van der Waals surface area contributed by atoms with E-state index in [4.69, 9.17) is 15.3 Å². The lowest BCUT2D eigenvalue weighted by Crippen LogP contribution is -2.35. The van der Waals surface area contributed by atoms with E-state index >= 15 is 0 Å². The van der Waals surface area contributed by atoms with E-state index < -0.39 is 25.7 Å². The van der Waals surface area contributed by atoms with Crippen molar-refractivity contribution in [1.82, 2.24) is 9.80 Å². The molecule has 3 N–H and O–H groups in total. The fraction of sp³-hybridized carbons (Fsp3) is 0.800. The summed E-state index contributed by atoms with van der Waals surface area (Å²) < 4.78 is 0. The third kappa shape index (κ3) is 1.28. The molecule has 0 aliphatic carbocycles. The maximum absolute atomic E-state index is 10.9. The van der Waals surface area contributed by atoms with E-state index in [-0.39, 0.29) is 6.54 Å². The van der Waals surface area contributed by atoms with E-state index in [0.717, 1.165) is 9.80 Å². The van der Waals surface area contributed by atoms with Gasteiger partial charge in [-0.15, -0.1) is 0 Å². The summed E-state index contributed by atoms with van der Waals surface area (Å²) in [5.74, 6) is 0. The molecule has 0 aromatic heterocycles. The van der Waals surface area contributed by atoms with Crippen molar-refractivity contribution in [2.45, 2.75) is 6.23 Å². The van der Waals surface area contributed by atoms with Crippen molar-refractivity contribution < 1.29 is 20.1 Å². The van der Waals surface area contributed by atoms with E-state index in [1.807, 2.05) is 0 Å². The molecule has 0 bridgehead atoms. The zero-order valence-electron chi connectivity index (χ0n) is 5.84. The van der Waals surface area contributed by atoms with E-state index in [1.165, 1.54) is 0 Å². The lowest BCUT2D eigenvalue weighted by molar-refractivity contribution is 0.0121. The van der Waals surface area contributed by atoms with Crippen LogP contribution in [0, 0.1) is 0 Å².